The van der Waals surface area contributed by atoms with Gasteiger partial charge in [-0.2, -0.15) is 0 Å². The predicted molar refractivity (Wildman–Crippen MR) is 63.5 cm³/mol. The molecule has 0 amide bonds. The average Bonchev–Trinajstić information content (AvgIpc) is 2.27. The van der Waals surface area contributed by atoms with Gasteiger partial charge in [0.15, 0.2) is 0 Å². The highest BCUT2D eigenvalue weighted by Crippen LogP contribution is 2.40. The van der Waals surface area contributed by atoms with Crippen LogP contribution in [0.3, 0.4) is 0 Å². The van der Waals surface area contributed by atoms with Crippen molar-refractivity contribution in [3.8, 4) is 0 Å². The maximum Gasteiger partial charge on any atom is 0.000760 e. The topological polar surface area (TPSA) is 12.0 Å². The molecule has 1 rings (SSSR count). The molecule has 1 aliphatic rings. The fourth-order valence-corrected chi connectivity index (χ4v) is 2.77. The van der Waals surface area contributed by atoms with Crippen molar-refractivity contribution in [1.29, 1.82) is 0 Å². The molecular formula is C13H27N. The summed E-state index contributed by atoms with van der Waals surface area (Å²) in [4.78, 5) is 0. The fourth-order valence-electron chi connectivity index (χ4n) is 2.77. The van der Waals surface area contributed by atoms with Crippen LogP contribution in [-0.4, -0.2) is 13.1 Å². The first-order chi connectivity index (χ1) is 6.73. The fraction of sp³-hybridized carbons (Fsp3) is 1.00. The van der Waals surface area contributed by atoms with E-state index in [0.29, 0.717) is 5.41 Å². The van der Waals surface area contributed by atoms with E-state index in [1.807, 2.05) is 0 Å². The van der Waals surface area contributed by atoms with Gasteiger partial charge in [0.1, 0.15) is 0 Å². The van der Waals surface area contributed by atoms with Gasteiger partial charge in [-0.05, 0) is 37.1 Å². The summed E-state index contributed by atoms with van der Waals surface area (Å²) in [6.45, 7) is 9.36. The van der Waals surface area contributed by atoms with Crippen LogP contribution in [0.2, 0.25) is 0 Å². The summed E-state index contributed by atoms with van der Waals surface area (Å²) in [5.41, 5.74) is 0.552. The molecule has 0 aliphatic heterocycles. The zero-order valence-electron chi connectivity index (χ0n) is 10.2. The van der Waals surface area contributed by atoms with Gasteiger partial charge in [-0.25, -0.2) is 0 Å². The van der Waals surface area contributed by atoms with Crippen molar-refractivity contribution in [1.82, 2.24) is 5.32 Å². The molecule has 0 radical (unpaired) electrons. The summed E-state index contributed by atoms with van der Waals surface area (Å²) < 4.78 is 0. The van der Waals surface area contributed by atoms with Gasteiger partial charge in [0, 0.05) is 6.54 Å². The maximum atomic E-state index is 3.54. The maximum absolute atomic E-state index is 3.54. The third kappa shape index (κ3) is 2.98. The molecule has 1 saturated carbocycles. The highest BCUT2D eigenvalue weighted by molar-refractivity contribution is 4.85. The van der Waals surface area contributed by atoms with E-state index < -0.39 is 0 Å². The van der Waals surface area contributed by atoms with E-state index in [1.165, 1.54) is 45.1 Å². The highest BCUT2D eigenvalue weighted by Gasteiger charge is 2.32. The summed E-state index contributed by atoms with van der Waals surface area (Å²) >= 11 is 0. The molecule has 1 heteroatoms. The summed E-state index contributed by atoms with van der Waals surface area (Å²) in [5.74, 6) is 0.972. The van der Waals surface area contributed by atoms with Crippen molar-refractivity contribution >= 4 is 0 Å². The van der Waals surface area contributed by atoms with Crippen LogP contribution in [-0.2, 0) is 0 Å². The van der Waals surface area contributed by atoms with Crippen LogP contribution in [0, 0.1) is 11.3 Å². The largest absolute Gasteiger partial charge is 0.316 e. The second-order valence-corrected chi connectivity index (χ2v) is 5.12. The Morgan fingerprint density at radius 3 is 2.29 bits per heavy atom. The average molecular weight is 197 g/mol. The van der Waals surface area contributed by atoms with Gasteiger partial charge in [0.05, 0.1) is 0 Å². The Bertz CT molecular complexity index is 149. The van der Waals surface area contributed by atoms with Gasteiger partial charge in [-0.3, -0.25) is 0 Å². The lowest BCUT2D eigenvalue weighted by atomic mass is 9.68. The van der Waals surface area contributed by atoms with Gasteiger partial charge in [-0.15, -0.1) is 0 Å². The van der Waals surface area contributed by atoms with Gasteiger partial charge in [0.25, 0.3) is 0 Å². The van der Waals surface area contributed by atoms with Crippen molar-refractivity contribution in [2.24, 2.45) is 11.3 Å². The molecule has 84 valence electrons. The van der Waals surface area contributed by atoms with Crippen molar-refractivity contribution in [3.05, 3.63) is 0 Å². The van der Waals surface area contributed by atoms with Crippen molar-refractivity contribution in [2.75, 3.05) is 13.1 Å². The molecule has 1 nitrogen and oxygen atoms in total. The van der Waals surface area contributed by atoms with Crippen molar-refractivity contribution < 1.29 is 0 Å². The molecule has 1 aliphatic carbocycles. The zero-order chi connectivity index (χ0) is 10.4. The van der Waals surface area contributed by atoms with Crippen LogP contribution in [0.15, 0.2) is 0 Å². The molecule has 0 heterocycles. The first-order valence-electron chi connectivity index (χ1n) is 6.43. The Hall–Kier alpha value is -0.0400. The molecule has 0 bridgehead atoms. The van der Waals surface area contributed by atoms with Crippen molar-refractivity contribution in [3.63, 3.8) is 0 Å². The number of hydrogen-bond acceptors (Lipinski definition) is 1. The van der Waals surface area contributed by atoms with Crippen LogP contribution >= 0.6 is 0 Å². The highest BCUT2D eigenvalue weighted by atomic mass is 14.9. The number of nitrogens with one attached hydrogen (secondary N) is 1. The number of hydrogen-bond donors (Lipinski definition) is 1. The molecule has 1 fully saturated rings. The van der Waals surface area contributed by atoms with E-state index >= 15 is 0 Å². The molecule has 0 saturated heterocycles. The van der Waals surface area contributed by atoms with E-state index in [2.05, 4.69) is 26.1 Å². The Kier molecular flexibility index (Phi) is 4.94. The molecule has 1 atom stereocenters. The van der Waals surface area contributed by atoms with Gasteiger partial charge in [-0.1, -0.05) is 40.0 Å². The van der Waals surface area contributed by atoms with Crippen LogP contribution in [0.4, 0.5) is 0 Å². The SMILES string of the molecule is CCNCC(C)(CC)C1CCCCC1. The first-order valence-corrected chi connectivity index (χ1v) is 6.43. The molecule has 0 aromatic carbocycles. The van der Waals surface area contributed by atoms with Crippen LogP contribution < -0.4 is 5.32 Å². The summed E-state index contributed by atoms with van der Waals surface area (Å²) in [5, 5.41) is 3.54. The minimum absolute atomic E-state index is 0.552. The Labute approximate surface area is 89.7 Å². The standard InChI is InChI=1S/C13H27N/c1-4-13(3,11-14-5-2)12-9-7-6-8-10-12/h12,14H,4-11H2,1-3H3. The zero-order valence-corrected chi connectivity index (χ0v) is 10.2. The van der Waals surface area contributed by atoms with Crippen molar-refractivity contribution in [2.45, 2.75) is 59.3 Å². The van der Waals surface area contributed by atoms with Gasteiger partial charge < -0.3 is 5.32 Å². The molecular weight excluding hydrogens is 170 g/mol. The number of rotatable bonds is 5. The predicted octanol–water partition coefficient (Wildman–Crippen LogP) is 3.59. The monoisotopic (exact) mass is 197 g/mol. The Balaban J connectivity index is 2.47. The molecule has 0 spiro atoms. The smallest absolute Gasteiger partial charge is 0.000760 e. The van der Waals surface area contributed by atoms with E-state index in [9.17, 15) is 0 Å². The molecule has 1 unspecified atom stereocenters. The summed E-state index contributed by atoms with van der Waals surface area (Å²) in [6, 6.07) is 0. The lowest BCUT2D eigenvalue weighted by Gasteiger charge is -2.39. The van der Waals surface area contributed by atoms with Crippen LogP contribution in [0.5, 0.6) is 0 Å². The summed E-state index contributed by atoms with van der Waals surface area (Å²) in [7, 11) is 0. The second-order valence-electron chi connectivity index (χ2n) is 5.12. The third-order valence-electron chi connectivity index (χ3n) is 4.18. The molecule has 0 aromatic heterocycles. The van der Waals surface area contributed by atoms with Crippen LogP contribution in [0.1, 0.15) is 59.3 Å². The van der Waals surface area contributed by atoms with E-state index in [1.54, 1.807) is 0 Å². The lowest BCUT2D eigenvalue weighted by Crippen LogP contribution is -2.38. The Morgan fingerprint density at radius 2 is 1.79 bits per heavy atom. The minimum atomic E-state index is 0.552. The first kappa shape index (κ1) is 12.0. The van der Waals surface area contributed by atoms with Gasteiger partial charge >= 0.3 is 0 Å². The minimum Gasteiger partial charge on any atom is -0.316 e. The van der Waals surface area contributed by atoms with Gasteiger partial charge in [0.2, 0.25) is 0 Å². The summed E-state index contributed by atoms with van der Waals surface area (Å²) in [6.07, 6.45) is 8.66. The van der Waals surface area contributed by atoms with Crippen LogP contribution in [0.25, 0.3) is 0 Å². The van der Waals surface area contributed by atoms with E-state index in [4.69, 9.17) is 0 Å². The van der Waals surface area contributed by atoms with E-state index in [-0.39, 0.29) is 0 Å². The lowest BCUT2D eigenvalue weighted by molar-refractivity contribution is 0.129. The third-order valence-corrected chi connectivity index (χ3v) is 4.18. The molecule has 0 aromatic rings. The molecule has 14 heavy (non-hydrogen) atoms. The normalized spacial score (nSPS) is 23.4. The molecule has 1 N–H and O–H groups in total. The quantitative estimate of drug-likeness (QED) is 0.710. The second kappa shape index (κ2) is 5.75. The Morgan fingerprint density at radius 1 is 1.14 bits per heavy atom. The van der Waals surface area contributed by atoms with E-state index in [0.717, 1.165) is 12.5 Å².